The molecule has 2 heterocycles. The molecule has 1 aliphatic carbocycles. The van der Waals surface area contributed by atoms with Gasteiger partial charge in [-0.15, -0.1) is 0 Å². The van der Waals surface area contributed by atoms with Crippen LogP contribution in [0.15, 0.2) is 53.8 Å². The smallest absolute Gasteiger partial charge is 0.123 e. The van der Waals surface area contributed by atoms with Gasteiger partial charge in [-0.2, -0.15) is 0 Å². The van der Waals surface area contributed by atoms with E-state index in [0.717, 1.165) is 41.7 Å². The van der Waals surface area contributed by atoms with Gasteiger partial charge in [-0.1, -0.05) is 18.2 Å². The highest BCUT2D eigenvalue weighted by atomic mass is 19.1. The number of allylic oxidation sites excluding steroid dienone is 3. The molecule has 1 aliphatic heterocycles. The third-order valence-electron chi connectivity index (χ3n) is 4.60. The van der Waals surface area contributed by atoms with Crippen molar-refractivity contribution in [2.45, 2.75) is 18.9 Å². The van der Waals surface area contributed by atoms with E-state index in [2.05, 4.69) is 28.5 Å². The van der Waals surface area contributed by atoms with Gasteiger partial charge < -0.3 is 15.0 Å². The molecule has 0 saturated heterocycles. The molecule has 2 aromatic rings. The number of halogens is 1. The first-order valence-electron chi connectivity index (χ1n) is 7.91. The fraction of sp³-hybridized carbons (Fsp3) is 0.263. The van der Waals surface area contributed by atoms with Gasteiger partial charge in [-0.05, 0) is 41.8 Å². The molecular formula is C19H19FN2O. The third kappa shape index (κ3) is 2.49. The SMILES string of the molecule is COC1=CC=C(C2NCCc3c2[nH]c2ccc(F)cc32)C=CC1. The highest BCUT2D eigenvalue weighted by molar-refractivity contribution is 5.85. The third-order valence-corrected chi connectivity index (χ3v) is 4.60. The molecule has 0 fully saturated rings. The summed E-state index contributed by atoms with van der Waals surface area (Å²) in [6, 6.07) is 5.05. The maximum absolute atomic E-state index is 13.6. The summed E-state index contributed by atoms with van der Waals surface area (Å²) < 4.78 is 18.9. The van der Waals surface area contributed by atoms with Crippen LogP contribution in [0.5, 0.6) is 0 Å². The van der Waals surface area contributed by atoms with Gasteiger partial charge in [0.2, 0.25) is 0 Å². The van der Waals surface area contributed by atoms with Gasteiger partial charge in [0.1, 0.15) is 5.82 Å². The Bertz CT molecular complexity index is 844. The van der Waals surface area contributed by atoms with Crippen LogP contribution in [0.4, 0.5) is 4.39 Å². The van der Waals surface area contributed by atoms with Crippen molar-refractivity contribution in [3.63, 3.8) is 0 Å². The average molecular weight is 310 g/mol. The summed E-state index contributed by atoms with van der Waals surface area (Å²) in [6.45, 7) is 0.882. The van der Waals surface area contributed by atoms with E-state index >= 15 is 0 Å². The van der Waals surface area contributed by atoms with Crippen LogP contribution in [0.2, 0.25) is 0 Å². The Kier molecular flexibility index (Phi) is 3.54. The zero-order valence-electron chi connectivity index (χ0n) is 13.0. The van der Waals surface area contributed by atoms with Crippen molar-refractivity contribution in [3.8, 4) is 0 Å². The Labute approximate surface area is 134 Å². The summed E-state index contributed by atoms with van der Waals surface area (Å²) in [4.78, 5) is 3.48. The van der Waals surface area contributed by atoms with Crippen LogP contribution in [0.3, 0.4) is 0 Å². The lowest BCUT2D eigenvalue weighted by molar-refractivity contribution is 0.285. The van der Waals surface area contributed by atoms with Gasteiger partial charge in [0, 0.05) is 29.6 Å². The molecule has 1 aromatic carbocycles. The van der Waals surface area contributed by atoms with Gasteiger partial charge in [0.05, 0.1) is 18.9 Å². The number of aromatic nitrogens is 1. The molecule has 3 nitrogen and oxygen atoms in total. The van der Waals surface area contributed by atoms with Crippen LogP contribution in [0.1, 0.15) is 23.7 Å². The summed E-state index contributed by atoms with van der Waals surface area (Å²) in [6.07, 6.45) is 10.1. The summed E-state index contributed by atoms with van der Waals surface area (Å²) in [5.41, 5.74) is 4.54. The van der Waals surface area contributed by atoms with E-state index in [1.165, 1.54) is 17.2 Å². The zero-order chi connectivity index (χ0) is 15.8. The lowest BCUT2D eigenvalue weighted by atomic mass is 9.94. The highest BCUT2D eigenvalue weighted by Crippen LogP contribution is 2.34. The zero-order valence-corrected chi connectivity index (χ0v) is 13.0. The van der Waals surface area contributed by atoms with E-state index in [-0.39, 0.29) is 11.9 Å². The lowest BCUT2D eigenvalue weighted by Crippen LogP contribution is -2.30. The maximum atomic E-state index is 13.6. The molecule has 0 amide bonds. The van der Waals surface area contributed by atoms with Crippen molar-refractivity contribution in [1.82, 2.24) is 10.3 Å². The number of ether oxygens (including phenoxy) is 1. The van der Waals surface area contributed by atoms with E-state index in [1.807, 2.05) is 12.1 Å². The topological polar surface area (TPSA) is 37.0 Å². The minimum Gasteiger partial charge on any atom is -0.501 e. The molecular weight excluding hydrogens is 291 g/mol. The number of methoxy groups -OCH3 is 1. The average Bonchev–Trinajstić information content (AvgIpc) is 2.77. The van der Waals surface area contributed by atoms with Crippen LogP contribution in [0.25, 0.3) is 10.9 Å². The molecule has 1 unspecified atom stereocenters. The number of H-pyrrole nitrogens is 1. The van der Waals surface area contributed by atoms with Crippen molar-refractivity contribution >= 4 is 10.9 Å². The second-order valence-electron chi connectivity index (χ2n) is 5.95. The summed E-state index contributed by atoms with van der Waals surface area (Å²) in [7, 11) is 1.70. The number of fused-ring (bicyclic) bond motifs is 3. The van der Waals surface area contributed by atoms with Gasteiger partial charge in [0.25, 0.3) is 0 Å². The van der Waals surface area contributed by atoms with Crippen molar-refractivity contribution in [2.24, 2.45) is 0 Å². The van der Waals surface area contributed by atoms with Gasteiger partial charge in [-0.3, -0.25) is 0 Å². The molecule has 4 heteroatoms. The minimum absolute atomic E-state index is 0.0953. The van der Waals surface area contributed by atoms with Crippen LogP contribution in [0, 0.1) is 5.82 Å². The van der Waals surface area contributed by atoms with Crippen LogP contribution in [-0.2, 0) is 11.2 Å². The Hall–Kier alpha value is -2.33. The Morgan fingerprint density at radius 1 is 1.26 bits per heavy atom. The molecule has 2 N–H and O–H groups in total. The van der Waals surface area contributed by atoms with Crippen molar-refractivity contribution in [2.75, 3.05) is 13.7 Å². The molecule has 1 aromatic heterocycles. The molecule has 0 saturated carbocycles. The van der Waals surface area contributed by atoms with E-state index < -0.39 is 0 Å². The Morgan fingerprint density at radius 3 is 3.04 bits per heavy atom. The molecule has 4 rings (SSSR count). The normalized spacial score (nSPS) is 20.7. The first kappa shape index (κ1) is 14.3. The van der Waals surface area contributed by atoms with E-state index in [1.54, 1.807) is 13.2 Å². The number of hydrogen-bond donors (Lipinski definition) is 2. The predicted octanol–water partition coefficient (Wildman–Crippen LogP) is 3.91. The second kappa shape index (κ2) is 5.70. The molecule has 0 bridgehead atoms. The van der Waals surface area contributed by atoms with E-state index in [9.17, 15) is 4.39 Å². The molecule has 23 heavy (non-hydrogen) atoms. The number of hydrogen-bond acceptors (Lipinski definition) is 2. The highest BCUT2D eigenvalue weighted by Gasteiger charge is 2.26. The monoisotopic (exact) mass is 310 g/mol. The van der Waals surface area contributed by atoms with Crippen LogP contribution < -0.4 is 5.32 Å². The maximum Gasteiger partial charge on any atom is 0.123 e. The quantitative estimate of drug-likeness (QED) is 0.882. The molecule has 0 radical (unpaired) electrons. The Morgan fingerprint density at radius 2 is 2.17 bits per heavy atom. The standard InChI is InChI=1S/C19H19FN2O/c1-23-14-4-2-3-12(5-7-14)18-19-15(9-10-21-18)16-11-13(20)6-8-17(16)22-19/h2-3,5-8,11,18,21-22H,4,9-10H2,1H3. The molecule has 0 spiro atoms. The first-order valence-corrected chi connectivity index (χ1v) is 7.91. The van der Waals surface area contributed by atoms with Crippen LogP contribution >= 0.6 is 0 Å². The fourth-order valence-electron chi connectivity index (χ4n) is 3.45. The predicted molar refractivity (Wildman–Crippen MR) is 89.6 cm³/mol. The van der Waals surface area contributed by atoms with Gasteiger partial charge in [0.15, 0.2) is 0 Å². The summed E-state index contributed by atoms with van der Waals surface area (Å²) in [5.74, 6) is 0.765. The number of benzene rings is 1. The Balaban J connectivity index is 1.80. The second-order valence-corrected chi connectivity index (χ2v) is 5.95. The van der Waals surface area contributed by atoms with Gasteiger partial charge in [-0.25, -0.2) is 4.39 Å². The lowest BCUT2D eigenvalue weighted by Gasteiger charge is -2.25. The largest absolute Gasteiger partial charge is 0.501 e. The van der Waals surface area contributed by atoms with E-state index in [0.29, 0.717) is 0 Å². The molecule has 118 valence electrons. The van der Waals surface area contributed by atoms with Crippen molar-refractivity contribution in [3.05, 3.63) is 70.9 Å². The molecule has 1 atom stereocenters. The summed E-state index contributed by atoms with van der Waals surface area (Å²) in [5, 5.41) is 4.56. The van der Waals surface area contributed by atoms with Crippen molar-refractivity contribution < 1.29 is 9.13 Å². The number of rotatable bonds is 2. The minimum atomic E-state index is -0.185. The van der Waals surface area contributed by atoms with E-state index in [4.69, 9.17) is 4.74 Å². The summed E-state index contributed by atoms with van der Waals surface area (Å²) >= 11 is 0. The molecule has 2 aliphatic rings. The van der Waals surface area contributed by atoms with Gasteiger partial charge >= 0.3 is 0 Å². The number of aromatic amines is 1. The van der Waals surface area contributed by atoms with Crippen molar-refractivity contribution in [1.29, 1.82) is 0 Å². The first-order chi connectivity index (χ1) is 11.3. The fourth-order valence-corrected chi connectivity index (χ4v) is 3.45. The number of nitrogens with one attached hydrogen (secondary N) is 2. The van der Waals surface area contributed by atoms with Crippen LogP contribution in [-0.4, -0.2) is 18.6 Å².